The Labute approximate surface area is 317 Å². The van der Waals surface area contributed by atoms with E-state index in [1.54, 1.807) is 4.90 Å². The van der Waals surface area contributed by atoms with E-state index in [0.29, 0.717) is 45.2 Å². The fourth-order valence-corrected chi connectivity index (χ4v) is 8.66. The van der Waals surface area contributed by atoms with Gasteiger partial charge in [-0.3, -0.25) is 33.8 Å². The number of fused-ring (bicyclic) bond motifs is 1. The largest absolute Gasteiger partial charge is 0.349 e. The average Bonchev–Trinajstić information content (AvgIpc) is 3.75. The van der Waals surface area contributed by atoms with Crippen LogP contribution in [0.5, 0.6) is 0 Å². The predicted octanol–water partition coefficient (Wildman–Crippen LogP) is 3.06. The van der Waals surface area contributed by atoms with Gasteiger partial charge in [-0.05, 0) is 79.2 Å². The number of nitrogens with one attached hydrogen (secondary N) is 4. The summed E-state index contributed by atoms with van der Waals surface area (Å²) in [5.41, 5.74) is 1.74. The number of likely N-dealkylation sites (tertiary alicyclic amines) is 1. The average molecular weight is 742 g/mol. The minimum absolute atomic E-state index is 0.0209. The SMILES string of the molecule is CCCNC(=O)C(=O)C(CC1CC1)NC(=O)[C@@H]1C[C@@H](C)CN1C(=O)[C@@H](NC(=O)[C@@H](NC(=O)c1cnccn1)C1(C)CCCCC1)C1Cc2ccccc2C1. The Balaban J connectivity index is 1.26. The van der Waals surface area contributed by atoms with Crippen LogP contribution in [0.15, 0.2) is 42.9 Å². The summed E-state index contributed by atoms with van der Waals surface area (Å²) in [4.78, 5) is 92.8. The maximum Gasteiger partial charge on any atom is 0.289 e. The lowest BCUT2D eigenvalue weighted by Gasteiger charge is -2.41. The van der Waals surface area contributed by atoms with Crippen molar-refractivity contribution in [3.05, 3.63) is 59.7 Å². The van der Waals surface area contributed by atoms with Crippen molar-refractivity contribution < 1.29 is 28.8 Å². The third-order valence-electron chi connectivity index (χ3n) is 11.9. The molecule has 1 aromatic heterocycles. The number of nitrogens with zero attached hydrogens (tertiary/aromatic N) is 3. The van der Waals surface area contributed by atoms with Crippen molar-refractivity contribution >= 4 is 35.3 Å². The first kappa shape index (κ1) is 39.0. The molecule has 54 heavy (non-hydrogen) atoms. The van der Waals surface area contributed by atoms with Crippen molar-refractivity contribution in [1.82, 2.24) is 36.1 Å². The second-order valence-corrected chi connectivity index (χ2v) is 16.3. The summed E-state index contributed by atoms with van der Waals surface area (Å²) in [5, 5.41) is 11.6. The van der Waals surface area contributed by atoms with E-state index in [1.807, 2.05) is 45.0 Å². The van der Waals surface area contributed by atoms with Crippen LogP contribution in [0.25, 0.3) is 0 Å². The van der Waals surface area contributed by atoms with Gasteiger partial charge in [0.1, 0.15) is 23.8 Å². The lowest BCUT2D eigenvalue weighted by Crippen LogP contribution is -2.62. The Morgan fingerprint density at radius 3 is 2.28 bits per heavy atom. The van der Waals surface area contributed by atoms with Gasteiger partial charge in [-0.25, -0.2) is 4.98 Å². The summed E-state index contributed by atoms with van der Waals surface area (Å²) in [5.74, 6) is -3.26. The van der Waals surface area contributed by atoms with Gasteiger partial charge in [-0.2, -0.15) is 0 Å². The molecule has 2 heterocycles. The number of amides is 5. The molecule has 2 saturated carbocycles. The Morgan fingerprint density at radius 1 is 0.944 bits per heavy atom. The molecule has 0 spiro atoms. The predicted molar refractivity (Wildman–Crippen MR) is 201 cm³/mol. The third kappa shape index (κ3) is 9.15. The summed E-state index contributed by atoms with van der Waals surface area (Å²) < 4.78 is 0. The molecule has 3 aliphatic carbocycles. The number of hydrogen-bond acceptors (Lipinski definition) is 8. The van der Waals surface area contributed by atoms with E-state index < -0.39 is 59.0 Å². The molecule has 1 aromatic carbocycles. The Kier molecular flexibility index (Phi) is 12.4. The van der Waals surface area contributed by atoms with Gasteiger partial charge < -0.3 is 26.2 Å². The van der Waals surface area contributed by atoms with Crippen LogP contribution in [0.1, 0.15) is 107 Å². The quantitative estimate of drug-likeness (QED) is 0.201. The number of hydrogen-bond donors (Lipinski definition) is 4. The number of carbonyl (C=O) groups is 6. The highest BCUT2D eigenvalue weighted by Gasteiger charge is 2.47. The van der Waals surface area contributed by atoms with Gasteiger partial charge in [0.2, 0.25) is 23.5 Å². The molecule has 13 heteroatoms. The normalized spacial score (nSPS) is 22.3. The summed E-state index contributed by atoms with van der Waals surface area (Å²) in [6.45, 7) is 6.54. The Bertz CT molecular complexity index is 1680. The molecule has 5 atom stereocenters. The molecule has 1 saturated heterocycles. The molecule has 0 bridgehead atoms. The molecule has 6 rings (SSSR count). The molecular formula is C41H55N7O6. The molecule has 2 aromatic rings. The number of benzene rings is 1. The van der Waals surface area contributed by atoms with Crippen LogP contribution in [-0.2, 0) is 36.8 Å². The van der Waals surface area contributed by atoms with Crippen molar-refractivity contribution in [2.75, 3.05) is 13.1 Å². The molecule has 4 N–H and O–H groups in total. The molecule has 3 fully saturated rings. The summed E-state index contributed by atoms with van der Waals surface area (Å²) in [6, 6.07) is 4.19. The van der Waals surface area contributed by atoms with Crippen molar-refractivity contribution in [3.8, 4) is 0 Å². The highest BCUT2D eigenvalue weighted by molar-refractivity contribution is 6.38. The van der Waals surface area contributed by atoms with E-state index in [0.717, 1.165) is 56.1 Å². The van der Waals surface area contributed by atoms with Gasteiger partial charge in [-0.1, -0.05) is 77.1 Å². The lowest BCUT2D eigenvalue weighted by atomic mass is 9.70. The highest BCUT2D eigenvalue weighted by atomic mass is 16.2. The zero-order valence-electron chi connectivity index (χ0n) is 31.8. The number of rotatable bonds is 15. The minimum atomic E-state index is -0.989. The summed E-state index contributed by atoms with van der Waals surface area (Å²) in [7, 11) is 0. The minimum Gasteiger partial charge on any atom is -0.349 e. The number of Topliss-reactive ketones (excluding diaryl/α,β-unsaturated/α-hetero) is 1. The van der Waals surface area contributed by atoms with Crippen LogP contribution < -0.4 is 21.3 Å². The smallest absolute Gasteiger partial charge is 0.289 e. The number of ketones is 1. The van der Waals surface area contributed by atoms with Gasteiger partial charge >= 0.3 is 0 Å². The van der Waals surface area contributed by atoms with Gasteiger partial charge in [0, 0.05) is 25.5 Å². The molecule has 1 aliphatic heterocycles. The van der Waals surface area contributed by atoms with Crippen LogP contribution in [0.3, 0.4) is 0 Å². The monoisotopic (exact) mass is 741 g/mol. The van der Waals surface area contributed by atoms with Crippen LogP contribution >= 0.6 is 0 Å². The molecule has 5 amide bonds. The Morgan fingerprint density at radius 2 is 1.65 bits per heavy atom. The first-order valence-electron chi connectivity index (χ1n) is 19.8. The van der Waals surface area contributed by atoms with E-state index in [2.05, 4.69) is 31.2 Å². The molecular weight excluding hydrogens is 686 g/mol. The zero-order valence-corrected chi connectivity index (χ0v) is 31.8. The van der Waals surface area contributed by atoms with E-state index in [4.69, 9.17) is 0 Å². The first-order valence-corrected chi connectivity index (χ1v) is 19.8. The number of aromatic nitrogens is 2. The van der Waals surface area contributed by atoms with E-state index in [-0.39, 0.29) is 29.4 Å². The van der Waals surface area contributed by atoms with E-state index >= 15 is 0 Å². The first-order chi connectivity index (χ1) is 26.0. The topological polar surface area (TPSA) is 180 Å². The van der Waals surface area contributed by atoms with Crippen LogP contribution in [0.2, 0.25) is 0 Å². The lowest BCUT2D eigenvalue weighted by molar-refractivity contribution is -0.144. The standard InChI is InChI=1S/C41H55N7O6/c1-4-16-44-38(52)34(49)30(20-26-12-13-26)45-37(51)32-19-25(2)24-48(32)40(54)33(29-21-27-10-6-7-11-28(27)22-29)46-39(53)35(41(3)14-8-5-9-15-41)47-36(50)31-23-42-17-18-43-31/h6-7,10-11,17-18,23,25-26,29-30,32-33,35H,4-5,8-9,12-16,19-22,24H2,1-3H3,(H,44,52)(H,45,51)(H,46,53)(H,47,50)/t25-,30?,32+,33+,35-/m1/s1. The fourth-order valence-electron chi connectivity index (χ4n) is 8.66. The van der Waals surface area contributed by atoms with Crippen LogP contribution in [-0.4, -0.2) is 87.4 Å². The maximum atomic E-state index is 14.9. The van der Waals surface area contributed by atoms with Crippen LogP contribution in [0.4, 0.5) is 0 Å². The fraction of sp³-hybridized carbons (Fsp3) is 0.610. The van der Waals surface area contributed by atoms with Gasteiger partial charge in [0.15, 0.2) is 0 Å². The molecule has 0 radical (unpaired) electrons. The van der Waals surface area contributed by atoms with Crippen LogP contribution in [0, 0.1) is 23.2 Å². The van der Waals surface area contributed by atoms with Gasteiger partial charge in [0.25, 0.3) is 11.8 Å². The Hall–Kier alpha value is -4.68. The maximum absolute atomic E-state index is 14.9. The molecule has 13 nitrogen and oxygen atoms in total. The van der Waals surface area contributed by atoms with Crippen molar-refractivity contribution in [1.29, 1.82) is 0 Å². The van der Waals surface area contributed by atoms with Crippen molar-refractivity contribution in [2.24, 2.45) is 23.2 Å². The second-order valence-electron chi connectivity index (χ2n) is 16.3. The second kappa shape index (κ2) is 17.2. The third-order valence-corrected chi connectivity index (χ3v) is 11.9. The molecule has 4 aliphatic rings. The zero-order chi connectivity index (χ0) is 38.4. The van der Waals surface area contributed by atoms with Gasteiger partial charge in [0.05, 0.1) is 12.2 Å². The molecule has 290 valence electrons. The van der Waals surface area contributed by atoms with Crippen molar-refractivity contribution in [3.63, 3.8) is 0 Å². The van der Waals surface area contributed by atoms with E-state index in [9.17, 15) is 28.8 Å². The van der Waals surface area contributed by atoms with Gasteiger partial charge in [-0.15, -0.1) is 0 Å². The van der Waals surface area contributed by atoms with Crippen molar-refractivity contribution in [2.45, 2.75) is 122 Å². The highest BCUT2D eigenvalue weighted by Crippen LogP contribution is 2.40. The number of carbonyl (C=O) groups excluding carboxylic acids is 6. The van der Waals surface area contributed by atoms with E-state index in [1.165, 1.54) is 18.6 Å². The molecule has 1 unspecified atom stereocenters. The summed E-state index contributed by atoms with van der Waals surface area (Å²) >= 11 is 0. The summed E-state index contributed by atoms with van der Waals surface area (Å²) in [6.07, 6.45) is 13.0.